The first-order valence-electron chi connectivity index (χ1n) is 6.33. The minimum atomic E-state index is -3.63. The molecule has 1 aliphatic heterocycles. The number of nitrogens with one attached hydrogen (secondary N) is 1. The van der Waals surface area contributed by atoms with Crippen molar-refractivity contribution >= 4 is 10.0 Å². The molecule has 1 heterocycles. The molecule has 0 amide bonds. The Bertz CT molecular complexity index is 574. The summed E-state index contributed by atoms with van der Waals surface area (Å²) in [5.41, 5.74) is 0.445. The first-order valence-corrected chi connectivity index (χ1v) is 7.77. The number of aryl methyl sites for hydroxylation is 1. The molecule has 1 aromatic carbocycles. The standard InChI is InChI=1S/C13H19FN2O2S/c1-9-4-5-12(6-13(9)14)19(17,18)16-8-10(2)15-7-11(16)3/h4-6,10-11,15H,7-8H2,1-3H3. The Kier molecular flexibility index (Phi) is 3.94. The molecule has 2 rings (SSSR count). The molecule has 19 heavy (non-hydrogen) atoms. The number of hydrogen-bond donors (Lipinski definition) is 1. The molecule has 1 aromatic rings. The third-order valence-corrected chi connectivity index (χ3v) is 5.43. The Labute approximate surface area is 113 Å². The third kappa shape index (κ3) is 2.80. The van der Waals surface area contributed by atoms with Crippen LogP contribution in [0.5, 0.6) is 0 Å². The molecule has 2 atom stereocenters. The molecule has 0 aromatic heterocycles. The monoisotopic (exact) mass is 286 g/mol. The number of nitrogens with zero attached hydrogens (tertiary/aromatic N) is 1. The summed E-state index contributed by atoms with van der Waals surface area (Å²) in [6, 6.07) is 4.03. The largest absolute Gasteiger partial charge is 0.311 e. The number of hydrogen-bond acceptors (Lipinski definition) is 3. The SMILES string of the molecule is Cc1ccc(S(=O)(=O)N2CC(C)NCC2C)cc1F. The van der Waals surface area contributed by atoms with E-state index in [1.807, 2.05) is 13.8 Å². The lowest BCUT2D eigenvalue weighted by atomic mass is 10.2. The predicted octanol–water partition coefficient (Wildman–Crippen LogP) is 1.51. The van der Waals surface area contributed by atoms with Crippen molar-refractivity contribution in [3.63, 3.8) is 0 Å². The molecule has 0 aliphatic carbocycles. The second kappa shape index (κ2) is 5.19. The molecule has 2 unspecified atom stereocenters. The molecule has 1 aliphatic rings. The van der Waals surface area contributed by atoms with Gasteiger partial charge in [-0.05, 0) is 38.5 Å². The fourth-order valence-electron chi connectivity index (χ4n) is 2.19. The average Bonchev–Trinajstić information content (AvgIpc) is 2.35. The van der Waals surface area contributed by atoms with Crippen molar-refractivity contribution in [1.82, 2.24) is 9.62 Å². The normalized spacial score (nSPS) is 25.5. The molecule has 0 saturated carbocycles. The summed E-state index contributed by atoms with van der Waals surface area (Å²) in [6.07, 6.45) is 0. The van der Waals surface area contributed by atoms with Gasteiger partial charge in [-0.1, -0.05) is 6.07 Å². The summed E-state index contributed by atoms with van der Waals surface area (Å²) in [4.78, 5) is 0.0246. The molecule has 0 bridgehead atoms. The summed E-state index contributed by atoms with van der Waals surface area (Å²) in [5.74, 6) is -0.489. The molecule has 1 saturated heterocycles. The van der Waals surface area contributed by atoms with Crippen molar-refractivity contribution in [1.29, 1.82) is 0 Å². The van der Waals surface area contributed by atoms with E-state index in [0.717, 1.165) is 6.07 Å². The Balaban J connectivity index is 2.38. The number of piperazine rings is 1. The van der Waals surface area contributed by atoms with E-state index in [0.29, 0.717) is 18.7 Å². The zero-order valence-corrected chi connectivity index (χ0v) is 12.2. The first-order chi connectivity index (χ1) is 8.82. The summed E-state index contributed by atoms with van der Waals surface area (Å²) < 4.78 is 40.1. The Morgan fingerprint density at radius 1 is 1.37 bits per heavy atom. The number of halogens is 1. The number of sulfonamides is 1. The summed E-state index contributed by atoms with van der Waals surface area (Å²) in [6.45, 7) is 6.40. The molecular weight excluding hydrogens is 267 g/mol. The van der Waals surface area contributed by atoms with E-state index < -0.39 is 15.8 Å². The van der Waals surface area contributed by atoms with Gasteiger partial charge in [0.25, 0.3) is 0 Å². The molecule has 1 N–H and O–H groups in total. The lowest BCUT2D eigenvalue weighted by Gasteiger charge is -2.36. The third-order valence-electron chi connectivity index (χ3n) is 3.46. The zero-order chi connectivity index (χ0) is 14.2. The molecular formula is C13H19FN2O2S. The van der Waals surface area contributed by atoms with Gasteiger partial charge in [0, 0.05) is 25.2 Å². The second-order valence-corrected chi connectivity index (χ2v) is 7.03. The van der Waals surface area contributed by atoms with E-state index >= 15 is 0 Å². The maximum atomic E-state index is 13.6. The van der Waals surface area contributed by atoms with Crippen LogP contribution in [-0.4, -0.2) is 37.9 Å². The van der Waals surface area contributed by atoms with Crippen LogP contribution in [0.2, 0.25) is 0 Å². The zero-order valence-electron chi connectivity index (χ0n) is 11.4. The van der Waals surface area contributed by atoms with Crippen LogP contribution in [0.25, 0.3) is 0 Å². The topological polar surface area (TPSA) is 49.4 Å². The van der Waals surface area contributed by atoms with Gasteiger partial charge in [-0.25, -0.2) is 12.8 Å². The summed E-state index contributed by atoms with van der Waals surface area (Å²) in [7, 11) is -3.63. The van der Waals surface area contributed by atoms with Crippen molar-refractivity contribution < 1.29 is 12.8 Å². The van der Waals surface area contributed by atoms with Crippen LogP contribution in [0.1, 0.15) is 19.4 Å². The highest BCUT2D eigenvalue weighted by atomic mass is 32.2. The number of rotatable bonds is 2. The van der Waals surface area contributed by atoms with Gasteiger partial charge >= 0.3 is 0 Å². The van der Waals surface area contributed by atoms with Gasteiger partial charge in [-0.3, -0.25) is 0 Å². The van der Waals surface area contributed by atoms with E-state index in [1.165, 1.54) is 16.4 Å². The van der Waals surface area contributed by atoms with Gasteiger partial charge in [-0.2, -0.15) is 4.31 Å². The van der Waals surface area contributed by atoms with Crippen molar-refractivity contribution in [2.45, 2.75) is 37.8 Å². The minimum absolute atomic E-state index is 0.0246. The van der Waals surface area contributed by atoms with Gasteiger partial charge < -0.3 is 5.32 Å². The van der Waals surface area contributed by atoms with Crippen LogP contribution in [0.3, 0.4) is 0 Å². The Morgan fingerprint density at radius 3 is 2.68 bits per heavy atom. The minimum Gasteiger partial charge on any atom is -0.311 e. The van der Waals surface area contributed by atoms with Crippen LogP contribution >= 0.6 is 0 Å². The first kappa shape index (κ1) is 14.4. The highest BCUT2D eigenvalue weighted by molar-refractivity contribution is 7.89. The van der Waals surface area contributed by atoms with Gasteiger partial charge in [0.1, 0.15) is 5.82 Å². The van der Waals surface area contributed by atoms with Gasteiger partial charge in [0.2, 0.25) is 10.0 Å². The smallest absolute Gasteiger partial charge is 0.243 e. The van der Waals surface area contributed by atoms with Crippen LogP contribution in [0.4, 0.5) is 4.39 Å². The maximum Gasteiger partial charge on any atom is 0.243 e. The highest BCUT2D eigenvalue weighted by Crippen LogP contribution is 2.22. The number of benzene rings is 1. The van der Waals surface area contributed by atoms with Gasteiger partial charge in [0.15, 0.2) is 0 Å². The fraction of sp³-hybridized carbons (Fsp3) is 0.538. The second-order valence-electron chi connectivity index (χ2n) is 5.14. The molecule has 4 nitrogen and oxygen atoms in total. The maximum absolute atomic E-state index is 13.6. The van der Waals surface area contributed by atoms with Crippen molar-refractivity contribution in [3.05, 3.63) is 29.6 Å². The van der Waals surface area contributed by atoms with Crippen LogP contribution < -0.4 is 5.32 Å². The molecule has 1 fully saturated rings. The van der Waals surface area contributed by atoms with E-state index in [-0.39, 0.29) is 17.0 Å². The van der Waals surface area contributed by atoms with E-state index in [9.17, 15) is 12.8 Å². The average molecular weight is 286 g/mol. The summed E-state index contributed by atoms with van der Waals surface area (Å²) in [5, 5.41) is 3.23. The summed E-state index contributed by atoms with van der Waals surface area (Å²) >= 11 is 0. The lowest BCUT2D eigenvalue weighted by molar-refractivity contribution is 0.244. The fourth-order valence-corrected chi connectivity index (χ4v) is 3.92. The van der Waals surface area contributed by atoms with Crippen molar-refractivity contribution in [2.24, 2.45) is 0 Å². The van der Waals surface area contributed by atoms with Gasteiger partial charge in [-0.15, -0.1) is 0 Å². The van der Waals surface area contributed by atoms with Crippen LogP contribution in [-0.2, 0) is 10.0 Å². The van der Waals surface area contributed by atoms with Crippen LogP contribution in [0, 0.1) is 12.7 Å². The predicted molar refractivity (Wildman–Crippen MR) is 72.0 cm³/mol. The lowest BCUT2D eigenvalue weighted by Crippen LogP contribution is -2.56. The van der Waals surface area contributed by atoms with Crippen molar-refractivity contribution in [2.75, 3.05) is 13.1 Å². The Hall–Kier alpha value is -0.980. The van der Waals surface area contributed by atoms with E-state index in [2.05, 4.69) is 5.32 Å². The van der Waals surface area contributed by atoms with E-state index in [4.69, 9.17) is 0 Å². The molecule has 0 spiro atoms. The van der Waals surface area contributed by atoms with E-state index in [1.54, 1.807) is 6.92 Å². The van der Waals surface area contributed by atoms with Crippen molar-refractivity contribution in [3.8, 4) is 0 Å². The molecule has 6 heteroatoms. The highest BCUT2D eigenvalue weighted by Gasteiger charge is 2.33. The molecule has 0 radical (unpaired) electrons. The van der Waals surface area contributed by atoms with Gasteiger partial charge in [0.05, 0.1) is 4.90 Å². The molecule has 106 valence electrons. The Morgan fingerprint density at radius 2 is 2.05 bits per heavy atom. The van der Waals surface area contributed by atoms with Crippen LogP contribution in [0.15, 0.2) is 23.1 Å². The quantitative estimate of drug-likeness (QED) is 0.896.